The summed E-state index contributed by atoms with van der Waals surface area (Å²) in [6.07, 6.45) is -0.901. The molecule has 90 valence electrons. The van der Waals surface area contributed by atoms with Crippen LogP contribution in [0.3, 0.4) is 0 Å². The molecule has 0 aliphatic carbocycles. The molecule has 0 radical (unpaired) electrons. The highest BCUT2D eigenvalue weighted by atomic mass is 32.1. The molecule has 1 heterocycles. The highest BCUT2D eigenvalue weighted by Crippen LogP contribution is 2.17. The number of carbonyl (C=O) groups is 1. The maximum absolute atomic E-state index is 11.3. The molecule has 0 bridgehead atoms. The lowest BCUT2D eigenvalue weighted by molar-refractivity contribution is -0.143. The minimum Gasteiger partial charge on any atom is -0.467 e. The van der Waals surface area contributed by atoms with E-state index in [9.17, 15) is 9.90 Å². The van der Waals surface area contributed by atoms with E-state index < -0.39 is 18.1 Å². The van der Waals surface area contributed by atoms with Gasteiger partial charge in [-0.05, 0) is 6.92 Å². The first kappa shape index (κ1) is 12.7. The van der Waals surface area contributed by atoms with Crippen LogP contribution in [0.4, 0.5) is 5.13 Å². The number of ether oxygens (including phenoxy) is 2. The Morgan fingerprint density at radius 3 is 2.69 bits per heavy atom. The van der Waals surface area contributed by atoms with E-state index in [1.54, 1.807) is 0 Å². The van der Waals surface area contributed by atoms with Gasteiger partial charge in [0.05, 0.1) is 20.3 Å². The fourth-order valence-corrected chi connectivity index (χ4v) is 1.57. The molecule has 0 amide bonds. The number of aliphatic hydroxyl groups is 1. The number of aliphatic hydroxyl groups excluding tert-OH is 1. The zero-order valence-corrected chi connectivity index (χ0v) is 9.95. The van der Waals surface area contributed by atoms with Gasteiger partial charge in [0.15, 0.2) is 6.04 Å². The molecule has 0 aromatic carbocycles. The summed E-state index contributed by atoms with van der Waals surface area (Å²) in [5.41, 5.74) is 0. The lowest BCUT2D eigenvalue weighted by Crippen LogP contribution is -2.39. The summed E-state index contributed by atoms with van der Waals surface area (Å²) < 4.78 is 13.2. The zero-order valence-electron chi connectivity index (χ0n) is 9.13. The maximum atomic E-state index is 11.3. The maximum Gasteiger partial charge on any atom is 0.331 e. The second kappa shape index (κ2) is 5.61. The van der Waals surface area contributed by atoms with Crippen LogP contribution in [0.2, 0.25) is 0 Å². The first-order chi connectivity index (χ1) is 7.58. The fourth-order valence-electron chi connectivity index (χ4n) is 0.988. The van der Waals surface area contributed by atoms with E-state index in [1.807, 2.05) is 0 Å². The van der Waals surface area contributed by atoms with Crippen LogP contribution in [0.1, 0.15) is 6.92 Å². The van der Waals surface area contributed by atoms with Crippen LogP contribution >= 0.6 is 11.5 Å². The van der Waals surface area contributed by atoms with Crippen LogP contribution < -0.4 is 10.1 Å². The van der Waals surface area contributed by atoms with E-state index in [4.69, 9.17) is 4.74 Å². The zero-order chi connectivity index (χ0) is 12.1. The molecule has 1 aromatic rings. The molecule has 0 saturated carbocycles. The lowest BCUT2D eigenvalue weighted by Gasteiger charge is -2.17. The number of hydrogen-bond donors (Lipinski definition) is 2. The smallest absolute Gasteiger partial charge is 0.331 e. The molecule has 0 unspecified atom stereocenters. The van der Waals surface area contributed by atoms with E-state index in [0.717, 1.165) is 11.5 Å². The molecular weight excluding hydrogens is 234 g/mol. The Morgan fingerprint density at radius 1 is 1.56 bits per heavy atom. The van der Waals surface area contributed by atoms with Gasteiger partial charge in [0.2, 0.25) is 5.13 Å². The number of anilines is 1. The number of carbonyl (C=O) groups excluding carboxylic acids is 1. The number of nitrogens with zero attached hydrogens (tertiary/aromatic N) is 2. The second-order valence-corrected chi connectivity index (χ2v) is 3.72. The van der Waals surface area contributed by atoms with Crippen molar-refractivity contribution >= 4 is 22.6 Å². The number of esters is 1. The highest BCUT2D eigenvalue weighted by molar-refractivity contribution is 7.09. The number of methoxy groups -OCH3 is 2. The Balaban J connectivity index is 2.71. The van der Waals surface area contributed by atoms with Crippen LogP contribution in [0, 0.1) is 0 Å². The normalized spacial score (nSPS) is 14.0. The summed E-state index contributed by atoms with van der Waals surface area (Å²) in [7, 11) is 2.69. The molecule has 16 heavy (non-hydrogen) atoms. The summed E-state index contributed by atoms with van der Waals surface area (Å²) >= 11 is 1.03. The Hall–Kier alpha value is -1.41. The fraction of sp³-hybridized carbons (Fsp3) is 0.625. The first-order valence-electron chi connectivity index (χ1n) is 4.48. The quantitative estimate of drug-likeness (QED) is 0.700. The molecule has 0 saturated heterocycles. The monoisotopic (exact) mass is 247 g/mol. The molecule has 1 rings (SSSR count). The van der Waals surface area contributed by atoms with Crippen LogP contribution in [-0.2, 0) is 9.53 Å². The van der Waals surface area contributed by atoms with Gasteiger partial charge in [-0.15, -0.1) is 4.37 Å². The Labute approximate surface area is 96.6 Å². The minimum atomic E-state index is -0.901. The SMILES string of the molecule is COC(=O)[C@@H](Nc1nc(OC)ns1)[C@@H](C)O. The summed E-state index contributed by atoms with van der Waals surface area (Å²) in [5.74, 6) is -0.566. The van der Waals surface area contributed by atoms with Gasteiger partial charge < -0.3 is 19.9 Å². The van der Waals surface area contributed by atoms with Crippen molar-refractivity contribution in [3.05, 3.63) is 0 Å². The van der Waals surface area contributed by atoms with Gasteiger partial charge in [-0.25, -0.2) is 4.79 Å². The molecule has 0 fully saturated rings. The third-order valence-electron chi connectivity index (χ3n) is 1.81. The van der Waals surface area contributed by atoms with E-state index in [-0.39, 0.29) is 6.01 Å². The third kappa shape index (κ3) is 3.04. The molecule has 7 nitrogen and oxygen atoms in total. The van der Waals surface area contributed by atoms with Gasteiger partial charge in [-0.3, -0.25) is 0 Å². The van der Waals surface area contributed by atoms with E-state index >= 15 is 0 Å². The third-order valence-corrected chi connectivity index (χ3v) is 2.44. The van der Waals surface area contributed by atoms with Crippen LogP contribution in [0.25, 0.3) is 0 Å². The Bertz CT molecular complexity index is 355. The Kier molecular flexibility index (Phi) is 4.44. The lowest BCUT2D eigenvalue weighted by atomic mass is 10.2. The molecule has 2 atom stereocenters. The van der Waals surface area contributed by atoms with Crippen molar-refractivity contribution in [1.29, 1.82) is 0 Å². The van der Waals surface area contributed by atoms with Gasteiger partial charge in [0.25, 0.3) is 0 Å². The van der Waals surface area contributed by atoms with E-state index in [2.05, 4.69) is 19.4 Å². The van der Waals surface area contributed by atoms with Crippen molar-refractivity contribution in [3.63, 3.8) is 0 Å². The van der Waals surface area contributed by atoms with Crippen molar-refractivity contribution in [3.8, 4) is 6.01 Å². The molecule has 2 N–H and O–H groups in total. The van der Waals surface area contributed by atoms with Gasteiger partial charge in [-0.1, -0.05) is 0 Å². The summed E-state index contributed by atoms with van der Waals surface area (Å²) in [6.45, 7) is 1.48. The van der Waals surface area contributed by atoms with Crippen molar-refractivity contribution in [2.45, 2.75) is 19.1 Å². The van der Waals surface area contributed by atoms with Gasteiger partial charge in [0.1, 0.15) is 0 Å². The molecule has 1 aromatic heterocycles. The largest absolute Gasteiger partial charge is 0.467 e. The summed E-state index contributed by atoms with van der Waals surface area (Å²) in [5, 5.41) is 12.5. The molecular formula is C8H13N3O4S. The molecule has 0 aliphatic rings. The van der Waals surface area contributed by atoms with Crippen molar-refractivity contribution < 1.29 is 19.4 Å². The predicted octanol–water partition coefficient (Wildman–Crippen LogP) is -0.119. The van der Waals surface area contributed by atoms with Crippen LogP contribution in [-0.4, -0.2) is 46.8 Å². The average molecular weight is 247 g/mol. The van der Waals surface area contributed by atoms with Crippen molar-refractivity contribution in [1.82, 2.24) is 9.36 Å². The first-order valence-corrected chi connectivity index (χ1v) is 5.26. The van der Waals surface area contributed by atoms with Gasteiger partial charge in [-0.2, -0.15) is 4.98 Å². The number of rotatable bonds is 5. The Morgan fingerprint density at radius 2 is 2.25 bits per heavy atom. The topological polar surface area (TPSA) is 93.6 Å². The van der Waals surface area contributed by atoms with Crippen molar-refractivity contribution in [2.75, 3.05) is 19.5 Å². The molecule has 8 heteroatoms. The number of aromatic nitrogens is 2. The molecule has 0 spiro atoms. The standard InChI is InChI=1S/C8H13N3O4S/c1-4(12)5(6(13)14-2)9-8-10-7(15-3)11-16-8/h4-5,12H,1-3H3,(H,9,10,11)/t4-,5+/m1/s1. The van der Waals surface area contributed by atoms with Crippen LogP contribution in [0.15, 0.2) is 0 Å². The van der Waals surface area contributed by atoms with Gasteiger partial charge >= 0.3 is 12.0 Å². The second-order valence-electron chi connectivity index (χ2n) is 2.97. The van der Waals surface area contributed by atoms with Crippen LogP contribution in [0.5, 0.6) is 6.01 Å². The highest BCUT2D eigenvalue weighted by Gasteiger charge is 2.25. The average Bonchev–Trinajstić information content (AvgIpc) is 2.72. The minimum absolute atomic E-state index is 0.210. The predicted molar refractivity (Wildman–Crippen MR) is 57.6 cm³/mol. The summed E-state index contributed by atoms with van der Waals surface area (Å²) in [6, 6.07) is -0.663. The van der Waals surface area contributed by atoms with E-state index in [0.29, 0.717) is 5.13 Å². The summed E-state index contributed by atoms with van der Waals surface area (Å²) in [4.78, 5) is 15.2. The van der Waals surface area contributed by atoms with E-state index in [1.165, 1.54) is 21.1 Å². The number of hydrogen-bond acceptors (Lipinski definition) is 8. The van der Waals surface area contributed by atoms with Gasteiger partial charge in [0, 0.05) is 11.5 Å². The van der Waals surface area contributed by atoms with Crippen molar-refractivity contribution in [2.24, 2.45) is 0 Å². The number of nitrogens with one attached hydrogen (secondary N) is 1. The molecule has 0 aliphatic heterocycles.